The molecule has 4 aliphatic rings. The van der Waals surface area contributed by atoms with E-state index in [9.17, 15) is 4.79 Å². The number of aryl methyl sites for hydroxylation is 1. The van der Waals surface area contributed by atoms with Crippen LogP contribution in [0.1, 0.15) is 51.0 Å². The molecule has 0 radical (unpaired) electrons. The topological polar surface area (TPSA) is 59.8 Å². The second-order valence-electron chi connectivity index (χ2n) is 9.40. The van der Waals surface area contributed by atoms with Gasteiger partial charge in [-0.25, -0.2) is 0 Å². The Bertz CT molecular complexity index is 886. The lowest BCUT2D eigenvalue weighted by Crippen LogP contribution is -2.60. The molecule has 0 spiro atoms. The first-order chi connectivity index (χ1) is 14.0. The third kappa shape index (κ3) is 3.60. The van der Waals surface area contributed by atoms with Crippen LogP contribution in [0.2, 0.25) is 0 Å². The lowest BCUT2D eigenvalue weighted by atomic mass is 9.53. The van der Waals surface area contributed by atoms with Crippen molar-refractivity contribution >= 4 is 17.7 Å². The van der Waals surface area contributed by atoms with E-state index in [4.69, 9.17) is 0 Å². The molecule has 1 heterocycles. The number of nitrogens with zero attached hydrogens (tertiary/aromatic N) is 3. The van der Waals surface area contributed by atoms with Crippen LogP contribution >= 0.6 is 11.8 Å². The molecule has 4 saturated carbocycles. The van der Waals surface area contributed by atoms with Gasteiger partial charge in [0.25, 0.3) is 0 Å². The zero-order valence-corrected chi connectivity index (χ0v) is 18.2. The Labute approximate surface area is 177 Å². The van der Waals surface area contributed by atoms with E-state index in [1.165, 1.54) is 55.9 Å². The summed E-state index contributed by atoms with van der Waals surface area (Å²) in [4.78, 5) is 12.8. The van der Waals surface area contributed by atoms with Crippen LogP contribution in [-0.2, 0) is 11.3 Å². The van der Waals surface area contributed by atoms with Gasteiger partial charge in [-0.15, -0.1) is 10.2 Å². The molecule has 4 aliphatic carbocycles. The Morgan fingerprint density at radius 2 is 1.79 bits per heavy atom. The van der Waals surface area contributed by atoms with E-state index in [0.717, 1.165) is 40.8 Å². The molecular weight excluding hydrogens is 380 g/mol. The largest absolute Gasteiger partial charge is 0.350 e. The molecule has 6 heteroatoms. The zero-order chi connectivity index (χ0) is 20.0. The van der Waals surface area contributed by atoms with E-state index in [-0.39, 0.29) is 11.4 Å². The monoisotopic (exact) mass is 410 g/mol. The summed E-state index contributed by atoms with van der Waals surface area (Å²) in [7, 11) is 0. The molecule has 5 nitrogen and oxygen atoms in total. The van der Waals surface area contributed by atoms with Gasteiger partial charge >= 0.3 is 0 Å². The normalized spacial score (nSPS) is 29.9. The number of aromatic nitrogens is 3. The molecule has 1 N–H and O–H groups in total. The summed E-state index contributed by atoms with van der Waals surface area (Å²) in [5.41, 5.74) is 2.37. The predicted molar refractivity (Wildman–Crippen MR) is 116 cm³/mol. The maximum absolute atomic E-state index is 12.8. The number of nitrogens with one attached hydrogen (secondary N) is 1. The Morgan fingerprint density at radius 1 is 1.14 bits per heavy atom. The number of carbonyl (C=O) groups is 1. The molecule has 154 valence electrons. The van der Waals surface area contributed by atoms with Gasteiger partial charge in [-0.05, 0) is 75.7 Å². The van der Waals surface area contributed by atoms with Gasteiger partial charge in [0, 0.05) is 17.6 Å². The molecule has 0 saturated heterocycles. The van der Waals surface area contributed by atoms with Crippen LogP contribution in [0.15, 0.2) is 29.4 Å². The van der Waals surface area contributed by atoms with Crippen LogP contribution < -0.4 is 5.32 Å². The molecule has 1 amide bonds. The van der Waals surface area contributed by atoms with Crippen molar-refractivity contribution in [1.29, 1.82) is 0 Å². The van der Waals surface area contributed by atoms with Gasteiger partial charge in [-0.1, -0.05) is 36.0 Å². The van der Waals surface area contributed by atoms with Gasteiger partial charge in [-0.3, -0.25) is 4.79 Å². The van der Waals surface area contributed by atoms with E-state index in [1.54, 1.807) is 0 Å². The van der Waals surface area contributed by atoms with Crippen molar-refractivity contribution < 1.29 is 4.79 Å². The van der Waals surface area contributed by atoms with E-state index in [0.29, 0.717) is 5.75 Å². The highest BCUT2D eigenvalue weighted by Gasteiger charge is 2.51. The predicted octanol–water partition coefficient (Wildman–Crippen LogP) is 4.45. The third-order valence-corrected chi connectivity index (χ3v) is 8.16. The number of thioether (sulfide) groups is 1. The maximum atomic E-state index is 12.8. The van der Waals surface area contributed by atoms with Crippen molar-refractivity contribution in [2.45, 2.75) is 69.6 Å². The van der Waals surface area contributed by atoms with E-state index < -0.39 is 0 Å². The van der Waals surface area contributed by atoms with Crippen LogP contribution in [0.5, 0.6) is 0 Å². The summed E-state index contributed by atoms with van der Waals surface area (Å²) in [6, 6.07) is 8.24. The Morgan fingerprint density at radius 3 is 2.41 bits per heavy atom. The van der Waals surface area contributed by atoms with Crippen LogP contribution in [0.3, 0.4) is 0 Å². The minimum atomic E-state index is 0.0805. The summed E-state index contributed by atoms with van der Waals surface area (Å²) in [6.07, 6.45) is 7.76. The summed E-state index contributed by atoms with van der Waals surface area (Å²) in [5, 5.41) is 13.1. The van der Waals surface area contributed by atoms with Gasteiger partial charge in [-0.2, -0.15) is 0 Å². The lowest BCUT2D eigenvalue weighted by Gasteiger charge is -2.56. The maximum Gasteiger partial charge on any atom is 0.230 e. The van der Waals surface area contributed by atoms with Gasteiger partial charge in [0.2, 0.25) is 5.91 Å². The fraction of sp³-hybridized carbons (Fsp3) is 0.609. The Balaban J connectivity index is 1.26. The number of benzene rings is 1. The Kier molecular flexibility index (Phi) is 4.93. The second-order valence-corrected chi connectivity index (χ2v) is 10.3. The molecule has 1 aromatic heterocycles. The second kappa shape index (κ2) is 7.46. The Hall–Kier alpha value is -1.82. The average Bonchev–Trinajstić information content (AvgIpc) is 3.08. The number of amides is 1. The number of hydrogen-bond donors (Lipinski definition) is 1. The van der Waals surface area contributed by atoms with Crippen molar-refractivity contribution in [2.24, 2.45) is 17.8 Å². The average molecular weight is 411 g/mol. The van der Waals surface area contributed by atoms with Crippen molar-refractivity contribution in [3.63, 3.8) is 0 Å². The first kappa shape index (κ1) is 19.2. The molecule has 6 rings (SSSR count). The highest BCUT2D eigenvalue weighted by atomic mass is 32.2. The number of rotatable bonds is 6. The van der Waals surface area contributed by atoms with Gasteiger partial charge in [0.1, 0.15) is 0 Å². The first-order valence-corrected chi connectivity index (χ1v) is 12.0. The SMILES string of the molecule is CCn1c(SCC(=O)NC23CC4CC(CC(C4)C2)C3)nnc1-c1ccccc1C. The fourth-order valence-corrected chi connectivity index (χ4v) is 7.23. The standard InChI is InChI=1S/C23H30N4OS/c1-3-27-21(19-7-5-4-6-15(19)2)25-26-22(27)29-14-20(28)24-23-11-16-8-17(12-23)10-18(9-16)13-23/h4-7,16-18H,3,8-14H2,1-2H3,(H,24,28). The van der Waals surface area contributed by atoms with Crippen molar-refractivity contribution in [3.05, 3.63) is 29.8 Å². The molecule has 4 bridgehead atoms. The number of hydrogen-bond acceptors (Lipinski definition) is 4. The van der Waals surface area contributed by atoms with Gasteiger partial charge in [0.05, 0.1) is 5.75 Å². The van der Waals surface area contributed by atoms with Crippen molar-refractivity contribution in [1.82, 2.24) is 20.1 Å². The minimum Gasteiger partial charge on any atom is -0.350 e. The molecule has 0 atom stereocenters. The highest BCUT2D eigenvalue weighted by molar-refractivity contribution is 7.99. The highest BCUT2D eigenvalue weighted by Crippen LogP contribution is 2.55. The van der Waals surface area contributed by atoms with Gasteiger partial charge < -0.3 is 9.88 Å². The quantitative estimate of drug-likeness (QED) is 0.715. The van der Waals surface area contributed by atoms with Crippen LogP contribution in [0, 0.1) is 24.7 Å². The van der Waals surface area contributed by atoms with Crippen LogP contribution in [0.4, 0.5) is 0 Å². The summed E-state index contributed by atoms with van der Waals surface area (Å²) >= 11 is 1.51. The van der Waals surface area contributed by atoms with E-state index in [2.05, 4.69) is 46.1 Å². The smallest absolute Gasteiger partial charge is 0.230 e. The molecule has 1 aromatic carbocycles. The third-order valence-electron chi connectivity index (χ3n) is 7.19. The minimum absolute atomic E-state index is 0.0805. The molecular formula is C23H30N4OS. The van der Waals surface area contributed by atoms with Crippen molar-refractivity contribution in [3.8, 4) is 11.4 Å². The summed E-state index contributed by atoms with van der Waals surface area (Å²) in [5.74, 6) is 3.97. The molecule has 2 aromatic rings. The fourth-order valence-electron chi connectivity index (χ4n) is 6.43. The zero-order valence-electron chi connectivity index (χ0n) is 17.4. The first-order valence-electron chi connectivity index (χ1n) is 11.0. The van der Waals surface area contributed by atoms with Crippen molar-refractivity contribution in [2.75, 3.05) is 5.75 Å². The lowest BCUT2D eigenvalue weighted by molar-refractivity contribution is -0.124. The number of carbonyl (C=O) groups excluding carboxylic acids is 1. The molecule has 4 fully saturated rings. The molecule has 0 aliphatic heterocycles. The van der Waals surface area contributed by atoms with Crippen LogP contribution in [-0.4, -0.2) is 32.0 Å². The summed E-state index contributed by atoms with van der Waals surface area (Å²) < 4.78 is 2.12. The van der Waals surface area contributed by atoms with E-state index >= 15 is 0 Å². The van der Waals surface area contributed by atoms with Crippen LogP contribution in [0.25, 0.3) is 11.4 Å². The molecule has 29 heavy (non-hydrogen) atoms. The molecule has 0 unspecified atom stereocenters. The van der Waals surface area contributed by atoms with Gasteiger partial charge in [0.15, 0.2) is 11.0 Å². The summed E-state index contributed by atoms with van der Waals surface area (Å²) in [6.45, 7) is 4.98. The van der Waals surface area contributed by atoms with E-state index in [1.807, 2.05) is 12.1 Å².